The summed E-state index contributed by atoms with van der Waals surface area (Å²) in [5.41, 5.74) is 1.49. The zero-order valence-corrected chi connectivity index (χ0v) is 12.2. The Morgan fingerprint density at radius 3 is 2.35 bits per heavy atom. The van der Waals surface area contributed by atoms with Crippen LogP contribution >= 0.6 is 15.9 Å². The van der Waals surface area contributed by atoms with E-state index in [1.54, 1.807) is 6.92 Å². The summed E-state index contributed by atoms with van der Waals surface area (Å²) in [7, 11) is 0. The Balaban J connectivity index is 2.71. The normalized spacial score (nSPS) is 11.8. The van der Waals surface area contributed by atoms with Crippen LogP contribution in [0.3, 0.4) is 0 Å². The third-order valence-corrected chi connectivity index (χ3v) is 3.90. The Kier molecular flexibility index (Phi) is 4.07. The lowest BCUT2D eigenvalue weighted by atomic mass is 9.82. The largest absolute Gasteiger partial charge is 0.302 e. The molecule has 6 heteroatoms. The second-order valence-electron chi connectivity index (χ2n) is 4.35. The minimum absolute atomic E-state index is 0.307. The molecule has 1 aromatic heterocycles. The first-order valence-corrected chi connectivity index (χ1v) is 6.70. The molecule has 2 aromatic rings. The molecular formula is C14H11BrN4O. The summed E-state index contributed by atoms with van der Waals surface area (Å²) in [5, 5.41) is 23.7. The summed E-state index contributed by atoms with van der Waals surface area (Å²) < 4.78 is 0.764. The van der Waals surface area contributed by atoms with E-state index >= 15 is 0 Å². The summed E-state index contributed by atoms with van der Waals surface area (Å²) in [5.74, 6) is -1.54. The number of halogens is 1. The molecule has 1 heterocycles. The molecule has 0 aliphatic carbocycles. The second-order valence-corrected chi connectivity index (χ2v) is 5.21. The molecule has 0 fully saturated rings. The summed E-state index contributed by atoms with van der Waals surface area (Å²) in [4.78, 5) is 12.0. The number of aromatic nitrogens is 2. The number of hydrogen-bond acceptors (Lipinski definition) is 3. The van der Waals surface area contributed by atoms with Crippen molar-refractivity contribution in [2.75, 3.05) is 0 Å². The lowest BCUT2D eigenvalue weighted by Crippen LogP contribution is -2.19. The van der Waals surface area contributed by atoms with E-state index in [1.165, 1.54) is 0 Å². The van der Waals surface area contributed by atoms with Gasteiger partial charge in [-0.05, 0) is 18.6 Å². The van der Waals surface area contributed by atoms with Gasteiger partial charge in [0.1, 0.15) is 5.92 Å². The Morgan fingerprint density at radius 1 is 1.20 bits per heavy atom. The average Bonchev–Trinajstić information content (AvgIpc) is 2.77. The van der Waals surface area contributed by atoms with Crippen molar-refractivity contribution in [1.29, 1.82) is 10.5 Å². The van der Waals surface area contributed by atoms with E-state index in [2.05, 4.69) is 26.1 Å². The molecule has 5 nitrogen and oxygen atoms in total. The number of aryl methyl sites for hydroxylation is 1. The minimum Gasteiger partial charge on any atom is -0.302 e. The van der Waals surface area contributed by atoms with Gasteiger partial charge in [-0.3, -0.25) is 9.89 Å². The highest BCUT2D eigenvalue weighted by Crippen LogP contribution is 2.35. The number of nitriles is 2. The van der Waals surface area contributed by atoms with Gasteiger partial charge in [-0.2, -0.15) is 10.5 Å². The number of aromatic amines is 2. The first kappa shape index (κ1) is 14.1. The maximum Gasteiger partial charge on any atom is 0.268 e. The van der Waals surface area contributed by atoms with Crippen LogP contribution in [0, 0.1) is 35.5 Å². The predicted octanol–water partition coefficient (Wildman–Crippen LogP) is 2.57. The zero-order valence-electron chi connectivity index (χ0n) is 10.6. The Bertz CT molecular complexity index is 748. The van der Waals surface area contributed by atoms with Crippen molar-refractivity contribution in [3.63, 3.8) is 0 Å². The first-order valence-electron chi connectivity index (χ1n) is 5.91. The molecule has 0 radical (unpaired) electrons. The molecular weight excluding hydrogens is 320 g/mol. The molecule has 2 rings (SSSR count). The van der Waals surface area contributed by atoms with Crippen molar-refractivity contribution in [3.8, 4) is 12.1 Å². The number of nitrogens with one attached hydrogen (secondary N) is 2. The fourth-order valence-corrected chi connectivity index (χ4v) is 2.77. The zero-order chi connectivity index (χ0) is 14.7. The third kappa shape index (κ3) is 2.38. The lowest BCUT2D eigenvalue weighted by molar-refractivity contribution is 0.698. The number of rotatable bonds is 3. The van der Waals surface area contributed by atoms with Gasteiger partial charge >= 0.3 is 0 Å². The monoisotopic (exact) mass is 330 g/mol. The second kappa shape index (κ2) is 5.77. The Hall–Kier alpha value is -2.31. The van der Waals surface area contributed by atoms with E-state index in [0.717, 1.165) is 10.0 Å². The van der Waals surface area contributed by atoms with E-state index in [1.807, 2.05) is 36.4 Å². The molecule has 1 atom stereocenters. The SMILES string of the molecule is Cc1[nH][nH]c(=O)c1C(c1ccccc1Br)C(C#N)C#N. The first-order chi connectivity index (χ1) is 9.60. The highest BCUT2D eigenvalue weighted by atomic mass is 79.9. The average molecular weight is 331 g/mol. The summed E-state index contributed by atoms with van der Waals surface area (Å²) in [6.45, 7) is 1.74. The Morgan fingerprint density at radius 2 is 1.85 bits per heavy atom. The van der Waals surface area contributed by atoms with Crippen molar-refractivity contribution in [1.82, 2.24) is 10.2 Å². The Labute approximate surface area is 124 Å². The topological polar surface area (TPSA) is 96.2 Å². The summed E-state index contributed by atoms with van der Waals surface area (Å²) >= 11 is 3.42. The van der Waals surface area contributed by atoms with Crippen LogP contribution in [0.15, 0.2) is 33.5 Å². The van der Waals surface area contributed by atoms with E-state index in [-0.39, 0.29) is 5.56 Å². The van der Waals surface area contributed by atoms with E-state index in [4.69, 9.17) is 0 Å². The van der Waals surface area contributed by atoms with Gasteiger partial charge in [-0.15, -0.1) is 0 Å². The van der Waals surface area contributed by atoms with Crippen molar-refractivity contribution >= 4 is 15.9 Å². The number of nitrogens with zero attached hydrogens (tertiary/aromatic N) is 2. The molecule has 0 aliphatic heterocycles. The van der Waals surface area contributed by atoms with Crippen LogP contribution in [-0.4, -0.2) is 10.2 Å². The van der Waals surface area contributed by atoms with Gasteiger partial charge in [0.15, 0.2) is 0 Å². The molecule has 1 unspecified atom stereocenters. The molecule has 0 bridgehead atoms. The van der Waals surface area contributed by atoms with Crippen LogP contribution in [0.25, 0.3) is 0 Å². The molecule has 0 spiro atoms. The smallest absolute Gasteiger partial charge is 0.268 e. The van der Waals surface area contributed by atoms with Gasteiger partial charge in [0.05, 0.1) is 12.1 Å². The van der Waals surface area contributed by atoms with Crippen LogP contribution in [0.2, 0.25) is 0 Å². The number of hydrogen-bond donors (Lipinski definition) is 2. The van der Waals surface area contributed by atoms with Crippen molar-refractivity contribution in [2.45, 2.75) is 12.8 Å². The van der Waals surface area contributed by atoms with Gasteiger partial charge in [0.25, 0.3) is 5.56 Å². The summed E-state index contributed by atoms with van der Waals surface area (Å²) in [6, 6.07) is 11.2. The standard InChI is InChI=1S/C14H11BrN4O/c1-8-12(14(20)19-18-8)13(9(6-16)7-17)10-4-2-3-5-11(10)15/h2-5,9,13H,1H3,(H2,18,19,20). The molecule has 20 heavy (non-hydrogen) atoms. The molecule has 100 valence electrons. The van der Waals surface area contributed by atoms with Gasteiger partial charge in [-0.1, -0.05) is 34.1 Å². The van der Waals surface area contributed by atoms with Crippen molar-refractivity contribution in [3.05, 3.63) is 55.9 Å². The van der Waals surface area contributed by atoms with Crippen LogP contribution in [0.5, 0.6) is 0 Å². The highest BCUT2D eigenvalue weighted by molar-refractivity contribution is 9.10. The van der Waals surface area contributed by atoms with Crippen molar-refractivity contribution in [2.24, 2.45) is 5.92 Å². The third-order valence-electron chi connectivity index (χ3n) is 3.17. The number of H-pyrrole nitrogens is 2. The van der Waals surface area contributed by atoms with E-state index < -0.39 is 11.8 Å². The van der Waals surface area contributed by atoms with Gasteiger partial charge in [0, 0.05) is 21.6 Å². The fourth-order valence-electron chi connectivity index (χ4n) is 2.24. The van der Waals surface area contributed by atoms with E-state index in [9.17, 15) is 15.3 Å². The van der Waals surface area contributed by atoms with Crippen LogP contribution in [-0.2, 0) is 0 Å². The van der Waals surface area contributed by atoms with Crippen LogP contribution in [0.4, 0.5) is 0 Å². The molecule has 0 aliphatic rings. The van der Waals surface area contributed by atoms with Gasteiger partial charge in [-0.25, -0.2) is 0 Å². The van der Waals surface area contributed by atoms with Crippen LogP contribution < -0.4 is 5.56 Å². The van der Waals surface area contributed by atoms with Crippen molar-refractivity contribution < 1.29 is 0 Å². The molecule has 2 N–H and O–H groups in total. The maximum absolute atomic E-state index is 12.0. The minimum atomic E-state index is -0.940. The lowest BCUT2D eigenvalue weighted by Gasteiger charge is -2.18. The van der Waals surface area contributed by atoms with E-state index in [0.29, 0.717) is 11.3 Å². The molecule has 1 aromatic carbocycles. The van der Waals surface area contributed by atoms with Crippen LogP contribution in [0.1, 0.15) is 22.7 Å². The number of benzene rings is 1. The maximum atomic E-state index is 12.0. The molecule has 0 amide bonds. The quantitative estimate of drug-likeness (QED) is 0.904. The predicted molar refractivity (Wildman–Crippen MR) is 76.9 cm³/mol. The van der Waals surface area contributed by atoms with Gasteiger partial charge < -0.3 is 5.10 Å². The molecule has 0 saturated heterocycles. The fraction of sp³-hybridized carbons (Fsp3) is 0.214. The van der Waals surface area contributed by atoms with Gasteiger partial charge in [0.2, 0.25) is 0 Å². The molecule has 0 saturated carbocycles. The highest BCUT2D eigenvalue weighted by Gasteiger charge is 2.30. The summed E-state index contributed by atoms with van der Waals surface area (Å²) in [6.07, 6.45) is 0.